The fourth-order valence-corrected chi connectivity index (χ4v) is 3.34. The average Bonchev–Trinajstić information content (AvgIpc) is 3.29. The highest BCUT2D eigenvalue weighted by Gasteiger charge is 2.10. The van der Waals surface area contributed by atoms with Crippen LogP contribution in [0.15, 0.2) is 83.1 Å². The van der Waals surface area contributed by atoms with E-state index >= 15 is 0 Å². The first-order chi connectivity index (χ1) is 15.1. The summed E-state index contributed by atoms with van der Waals surface area (Å²) in [6, 6.07) is 18.8. The van der Waals surface area contributed by atoms with E-state index in [0.29, 0.717) is 22.1 Å². The zero-order chi connectivity index (χ0) is 21.6. The summed E-state index contributed by atoms with van der Waals surface area (Å²) in [7, 11) is 0. The van der Waals surface area contributed by atoms with E-state index < -0.39 is 5.91 Å². The van der Waals surface area contributed by atoms with Gasteiger partial charge in [-0.25, -0.2) is 9.67 Å². The van der Waals surface area contributed by atoms with Crippen molar-refractivity contribution in [2.75, 3.05) is 10.6 Å². The number of nitrogens with zero attached hydrogens (tertiary/aromatic N) is 3. The van der Waals surface area contributed by atoms with Crippen molar-refractivity contribution in [3.05, 3.63) is 94.2 Å². The van der Waals surface area contributed by atoms with E-state index in [0.717, 1.165) is 10.2 Å². The molecule has 4 rings (SSSR count). The molecule has 0 aliphatic carbocycles. The number of aromatic nitrogens is 3. The molecule has 2 aromatic carbocycles. The van der Waals surface area contributed by atoms with Gasteiger partial charge in [-0.2, -0.15) is 5.10 Å². The molecule has 8 nitrogen and oxygen atoms in total. The molecule has 0 fully saturated rings. The summed E-state index contributed by atoms with van der Waals surface area (Å²) in [6.07, 6.45) is 1.61. The number of rotatable bonds is 6. The lowest BCUT2D eigenvalue weighted by Gasteiger charge is -2.09. The molecule has 2 amide bonds. The molecule has 0 bridgehead atoms. The summed E-state index contributed by atoms with van der Waals surface area (Å²) in [5.41, 5.74) is 2.01. The second-order valence-corrected chi connectivity index (χ2v) is 7.39. The lowest BCUT2D eigenvalue weighted by Crippen LogP contribution is -2.29. The van der Waals surface area contributed by atoms with Crippen molar-refractivity contribution in [2.45, 2.75) is 6.54 Å². The van der Waals surface area contributed by atoms with Crippen LogP contribution in [0.3, 0.4) is 0 Å². The van der Waals surface area contributed by atoms with Gasteiger partial charge in [-0.15, -0.1) is 11.3 Å². The maximum absolute atomic E-state index is 12.4. The van der Waals surface area contributed by atoms with Gasteiger partial charge in [0.1, 0.15) is 6.54 Å². The minimum Gasteiger partial charge on any atom is -0.324 e. The SMILES string of the molecule is O=C(Cn1nc(-c2ccccc2)ccc1=O)Nc1ccc(C(=O)Nc2nccs2)cc1. The standard InChI is InChI=1S/C22H17N5O3S/c28-19(14-27-20(29)11-10-18(26-27)15-4-2-1-3-5-15)24-17-8-6-16(7-9-17)21(30)25-22-23-12-13-31-22/h1-13H,14H2,(H,24,28)(H,23,25,30). The Bertz CT molecular complexity index is 1250. The Balaban J connectivity index is 1.41. The minimum atomic E-state index is -0.403. The molecule has 0 atom stereocenters. The first-order valence-electron chi connectivity index (χ1n) is 9.33. The molecule has 0 aliphatic rings. The van der Waals surface area contributed by atoms with E-state index in [2.05, 4.69) is 20.7 Å². The summed E-state index contributed by atoms with van der Waals surface area (Å²) in [6.45, 7) is -0.230. The maximum atomic E-state index is 12.4. The Hall–Kier alpha value is -4.11. The molecule has 0 aliphatic heterocycles. The zero-order valence-corrected chi connectivity index (χ0v) is 17.0. The normalized spacial score (nSPS) is 10.5. The van der Waals surface area contributed by atoms with Crippen molar-refractivity contribution < 1.29 is 9.59 Å². The lowest BCUT2D eigenvalue weighted by atomic mass is 10.1. The third-order valence-electron chi connectivity index (χ3n) is 4.31. The van der Waals surface area contributed by atoms with Gasteiger partial charge < -0.3 is 5.32 Å². The van der Waals surface area contributed by atoms with E-state index in [1.807, 2.05) is 30.3 Å². The molecule has 2 N–H and O–H groups in total. The number of hydrogen-bond acceptors (Lipinski definition) is 6. The van der Waals surface area contributed by atoms with Crippen molar-refractivity contribution in [3.63, 3.8) is 0 Å². The number of benzene rings is 2. The predicted octanol–water partition coefficient (Wildman–Crippen LogP) is 3.26. The Morgan fingerprint density at radius 1 is 0.935 bits per heavy atom. The van der Waals surface area contributed by atoms with Crippen LogP contribution in [-0.4, -0.2) is 26.6 Å². The number of anilines is 2. The highest BCUT2D eigenvalue weighted by molar-refractivity contribution is 7.13. The topological polar surface area (TPSA) is 106 Å². The van der Waals surface area contributed by atoms with Crippen molar-refractivity contribution >= 4 is 34.0 Å². The highest BCUT2D eigenvalue weighted by atomic mass is 32.1. The molecule has 0 unspecified atom stereocenters. The molecule has 0 saturated carbocycles. The van der Waals surface area contributed by atoms with Gasteiger partial charge in [0.15, 0.2) is 5.13 Å². The molecule has 31 heavy (non-hydrogen) atoms. The van der Waals surface area contributed by atoms with Crippen LogP contribution in [-0.2, 0) is 11.3 Å². The summed E-state index contributed by atoms with van der Waals surface area (Å²) in [5, 5.41) is 12.0. The quantitative estimate of drug-likeness (QED) is 0.487. The third-order valence-corrected chi connectivity index (χ3v) is 5.00. The largest absolute Gasteiger partial charge is 0.324 e. The van der Waals surface area contributed by atoms with Gasteiger partial charge in [0.05, 0.1) is 5.69 Å². The number of carbonyl (C=O) groups is 2. The van der Waals surface area contributed by atoms with Crippen molar-refractivity contribution in [1.82, 2.24) is 14.8 Å². The second-order valence-electron chi connectivity index (χ2n) is 6.50. The molecule has 2 aromatic heterocycles. The molecule has 9 heteroatoms. The van der Waals surface area contributed by atoms with Crippen LogP contribution in [0.2, 0.25) is 0 Å². The number of hydrogen-bond donors (Lipinski definition) is 2. The molecule has 0 spiro atoms. The van der Waals surface area contributed by atoms with Gasteiger partial charge in [0.25, 0.3) is 11.5 Å². The van der Waals surface area contributed by atoms with Crippen LogP contribution in [0.4, 0.5) is 10.8 Å². The molecule has 4 aromatic rings. The number of amides is 2. The van der Waals surface area contributed by atoms with Crippen LogP contribution in [0, 0.1) is 0 Å². The predicted molar refractivity (Wildman–Crippen MR) is 119 cm³/mol. The van der Waals surface area contributed by atoms with E-state index in [1.165, 1.54) is 17.4 Å². The van der Waals surface area contributed by atoms with E-state index in [1.54, 1.807) is 41.9 Å². The molecule has 2 heterocycles. The number of nitrogens with one attached hydrogen (secondary N) is 2. The molecule has 0 radical (unpaired) electrons. The van der Waals surface area contributed by atoms with Crippen LogP contribution < -0.4 is 16.2 Å². The van der Waals surface area contributed by atoms with Gasteiger partial charge >= 0.3 is 0 Å². The number of thiazole rings is 1. The van der Waals surface area contributed by atoms with Gasteiger partial charge in [-0.1, -0.05) is 30.3 Å². The van der Waals surface area contributed by atoms with Gasteiger partial charge in [0, 0.05) is 34.5 Å². The zero-order valence-electron chi connectivity index (χ0n) is 16.2. The molecule has 0 saturated heterocycles. The van der Waals surface area contributed by atoms with Gasteiger partial charge in [0.2, 0.25) is 5.91 Å². The second kappa shape index (κ2) is 9.14. The molecular formula is C22H17N5O3S. The Kier molecular flexibility index (Phi) is 5.95. The van der Waals surface area contributed by atoms with Crippen LogP contribution in [0.5, 0.6) is 0 Å². The van der Waals surface area contributed by atoms with Crippen LogP contribution in [0.1, 0.15) is 10.4 Å². The fourth-order valence-electron chi connectivity index (χ4n) is 2.82. The summed E-state index contributed by atoms with van der Waals surface area (Å²) in [4.78, 5) is 40.7. The Morgan fingerprint density at radius 2 is 1.71 bits per heavy atom. The third kappa shape index (κ3) is 5.09. The summed E-state index contributed by atoms with van der Waals surface area (Å²) < 4.78 is 1.12. The minimum absolute atomic E-state index is 0.230. The fraction of sp³-hybridized carbons (Fsp3) is 0.0455. The lowest BCUT2D eigenvalue weighted by molar-refractivity contribution is -0.117. The average molecular weight is 431 g/mol. The Morgan fingerprint density at radius 3 is 2.42 bits per heavy atom. The number of carbonyl (C=O) groups excluding carboxylic acids is 2. The van der Waals surface area contributed by atoms with Crippen LogP contribution in [0.25, 0.3) is 11.3 Å². The van der Waals surface area contributed by atoms with E-state index in [4.69, 9.17) is 0 Å². The van der Waals surface area contributed by atoms with Crippen LogP contribution >= 0.6 is 11.3 Å². The summed E-state index contributed by atoms with van der Waals surface area (Å²) in [5.74, 6) is -0.693. The Labute approximate surface area is 181 Å². The van der Waals surface area contributed by atoms with Crippen molar-refractivity contribution in [3.8, 4) is 11.3 Å². The van der Waals surface area contributed by atoms with Crippen molar-refractivity contribution in [1.29, 1.82) is 0 Å². The smallest absolute Gasteiger partial charge is 0.267 e. The maximum Gasteiger partial charge on any atom is 0.267 e. The van der Waals surface area contributed by atoms with E-state index in [-0.39, 0.29) is 18.0 Å². The first-order valence-corrected chi connectivity index (χ1v) is 10.2. The first kappa shape index (κ1) is 20.2. The molecular weight excluding hydrogens is 414 g/mol. The van der Waals surface area contributed by atoms with Crippen molar-refractivity contribution in [2.24, 2.45) is 0 Å². The van der Waals surface area contributed by atoms with Gasteiger partial charge in [-0.05, 0) is 30.3 Å². The monoisotopic (exact) mass is 431 g/mol. The molecule has 154 valence electrons. The van der Waals surface area contributed by atoms with E-state index in [9.17, 15) is 14.4 Å². The summed E-state index contributed by atoms with van der Waals surface area (Å²) >= 11 is 1.33. The van der Waals surface area contributed by atoms with Gasteiger partial charge in [-0.3, -0.25) is 19.7 Å². The highest BCUT2D eigenvalue weighted by Crippen LogP contribution is 2.15.